The van der Waals surface area contributed by atoms with Gasteiger partial charge in [0.25, 0.3) is 15.8 Å². The molecule has 0 amide bonds. The quantitative estimate of drug-likeness (QED) is 0.408. The molecule has 2 rings (SSSR count). The zero-order chi connectivity index (χ0) is 14.2. The lowest BCUT2D eigenvalue weighted by Gasteiger charge is -2.20. The predicted octanol–water partition coefficient (Wildman–Crippen LogP) is -0.913. The van der Waals surface area contributed by atoms with Crippen molar-refractivity contribution in [2.24, 2.45) is 0 Å². The standard InChI is InChI=1S/C8H9N4O6S/c1-2-9-4-3-5(19(15,16)17)8(12(13)14)7-6(4)10-18-11-7/h3,5,9H,2H2,1H3,(H-,13,14,15,16,17)/q-1. The molecular formula is C8H9N4O6S-. The molecule has 0 fully saturated rings. The molecule has 104 valence electrons. The number of nitrogens with one attached hydrogen (secondary N) is 1. The van der Waals surface area contributed by atoms with E-state index in [4.69, 9.17) is 4.55 Å². The lowest BCUT2D eigenvalue weighted by molar-refractivity contribution is -0.379. The summed E-state index contributed by atoms with van der Waals surface area (Å²) in [6.07, 6.45) is 1.00. The van der Waals surface area contributed by atoms with Crippen LogP contribution in [0.3, 0.4) is 0 Å². The number of hydrogen-bond donors (Lipinski definition) is 2. The summed E-state index contributed by atoms with van der Waals surface area (Å²) in [5.74, 6) is 0. The van der Waals surface area contributed by atoms with Crippen molar-refractivity contribution >= 4 is 21.5 Å². The maximum absolute atomic E-state index is 11.3. The van der Waals surface area contributed by atoms with Crippen molar-refractivity contribution in [2.45, 2.75) is 12.2 Å². The number of hydrogen-bond acceptors (Lipinski definition) is 8. The van der Waals surface area contributed by atoms with E-state index in [-0.39, 0.29) is 17.1 Å². The van der Waals surface area contributed by atoms with Gasteiger partial charge in [-0.25, -0.2) is 4.63 Å². The topological polar surface area (TPSA) is 154 Å². The highest BCUT2D eigenvalue weighted by Crippen LogP contribution is 2.25. The average molecular weight is 289 g/mol. The Bertz CT molecular complexity index is 657. The first kappa shape index (κ1) is 13.3. The molecular weight excluding hydrogens is 280 g/mol. The second-order valence-electron chi connectivity index (χ2n) is 3.65. The van der Waals surface area contributed by atoms with Crippen LogP contribution in [0.4, 0.5) is 0 Å². The van der Waals surface area contributed by atoms with Gasteiger partial charge in [0, 0.05) is 6.54 Å². The van der Waals surface area contributed by atoms with E-state index in [0.29, 0.717) is 6.54 Å². The molecule has 1 aliphatic rings. The second-order valence-corrected chi connectivity index (χ2v) is 5.19. The normalized spacial score (nSPS) is 18.7. The second kappa shape index (κ2) is 4.51. The summed E-state index contributed by atoms with van der Waals surface area (Å²) in [4.78, 5) is -0.930. The molecule has 1 aromatic heterocycles. The molecule has 0 aromatic carbocycles. The number of fused-ring (bicyclic) bond motifs is 1. The maximum atomic E-state index is 11.3. The van der Waals surface area contributed by atoms with Gasteiger partial charge >= 0.3 is 0 Å². The first-order chi connectivity index (χ1) is 8.86. The lowest BCUT2D eigenvalue weighted by atomic mass is 10.0. The fraction of sp³-hybridized carbons (Fsp3) is 0.375. The van der Waals surface area contributed by atoms with Gasteiger partial charge in [0.2, 0.25) is 5.69 Å². The SMILES string of the molecule is CCNC1=CC(S(=O)(=O)O)C(=[N+]([O-])[O-])c2nonc21. The summed E-state index contributed by atoms with van der Waals surface area (Å²) < 4.78 is 36.0. The number of aromatic nitrogens is 2. The fourth-order valence-corrected chi connectivity index (χ4v) is 2.52. The molecule has 0 saturated carbocycles. The number of nitrogens with zero attached hydrogens (tertiary/aromatic N) is 3. The van der Waals surface area contributed by atoms with Gasteiger partial charge in [-0.3, -0.25) is 4.55 Å². The smallest absolute Gasteiger partial charge is 0.282 e. The van der Waals surface area contributed by atoms with E-state index in [1.807, 2.05) is 0 Å². The molecule has 19 heavy (non-hydrogen) atoms. The molecule has 11 heteroatoms. The van der Waals surface area contributed by atoms with Crippen molar-refractivity contribution in [3.8, 4) is 0 Å². The Balaban J connectivity index is 2.69. The van der Waals surface area contributed by atoms with E-state index in [1.165, 1.54) is 0 Å². The van der Waals surface area contributed by atoms with Crippen molar-refractivity contribution in [2.75, 3.05) is 6.54 Å². The van der Waals surface area contributed by atoms with E-state index in [2.05, 4.69) is 20.3 Å². The first-order valence-electron chi connectivity index (χ1n) is 5.12. The van der Waals surface area contributed by atoms with Crippen molar-refractivity contribution in [3.63, 3.8) is 0 Å². The highest BCUT2D eigenvalue weighted by molar-refractivity contribution is 7.87. The van der Waals surface area contributed by atoms with Crippen LogP contribution in [-0.2, 0) is 10.1 Å². The van der Waals surface area contributed by atoms with E-state index < -0.39 is 26.0 Å². The molecule has 0 bridgehead atoms. The van der Waals surface area contributed by atoms with E-state index >= 15 is 0 Å². The Morgan fingerprint density at radius 1 is 1.47 bits per heavy atom. The highest BCUT2D eigenvalue weighted by Gasteiger charge is 2.42. The van der Waals surface area contributed by atoms with Gasteiger partial charge in [-0.1, -0.05) is 0 Å². The molecule has 1 aromatic rings. The molecule has 1 atom stereocenters. The van der Waals surface area contributed by atoms with Gasteiger partial charge in [-0.15, -0.1) is 0 Å². The van der Waals surface area contributed by atoms with Crippen LogP contribution in [0.1, 0.15) is 18.3 Å². The Labute approximate surface area is 107 Å². The average Bonchev–Trinajstić information content (AvgIpc) is 2.75. The van der Waals surface area contributed by atoms with Crippen LogP contribution in [-0.4, -0.2) is 45.7 Å². The summed E-state index contributed by atoms with van der Waals surface area (Å²) in [6.45, 7) is 2.16. The summed E-state index contributed by atoms with van der Waals surface area (Å²) in [5.41, 5.74) is -0.869. The van der Waals surface area contributed by atoms with Crippen LogP contribution in [0.2, 0.25) is 0 Å². The Morgan fingerprint density at radius 2 is 2.11 bits per heavy atom. The third-order valence-electron chi connectivity index (χ3n) is 2.46. The van der Waals surface area contributed by atoms with E-state index in [0.717, 1.165) is 6.08 Å². The molecule has 1 aliphatic carbocycles. The van der Waals surface area contributed by atoms with Gasteiger partial charge in [0.1, 0.15) is 0 Å². The Hall–Kier alpha value is -2.14. The van der Waals surface area contributed by atoms with Gasteiger partial charge in [0.05, 0.1) is 5.70 Å². The summed E-state index contributed by atoms with van der Waals surface area (Å²) in [5, 5.41) is 29.7. The van der Waals surface area contributed by atoms with E-state index in [1.54, 1.807) is 6.92 Å². The zero-order valence-corrected chi connectivity index (χ0v) is 10.4. The van der Waals surface area contributed by atoms with Crippen molar-refractivity contribution < 1.29 is 22.5 Å². The van der Waals surface area contributed by atoms with E-state index in [9.17, 15) is 18.8 Å². The minimum Gasteiger partial charge on any atom is -0.612 e. The third-order valence-corrected chi connectivity index (χ3v) is 3.46. The van der Waals surface area contributed by atoms with Crippen molar-refractivity contribution in [1.82, 2.24) is 15.6 Å². The molecule has 2 N–H and O–H groups in total. The molecule has 10 nitrogen and oxygen atoms in total. The molecule has 0 saturated heterocycles. The maximum Gasteiger partial charge on any atom is 0.282 e. The van der Waals surface area contributed by atoms with Crippen LogP contribution in [0.15, 0.2) is 10.7 Å². The minimum absolute atomic E-state index is 0.0356. The first-order valence-corrected chi connectivity index (χ1v) is 6.63. The van der Waals surface area contributed by atoms with Crippen LogP contribution < -0.4 is 5.32 Å². The monoisotopic (exact) mass is 289 g/mol. The zero-order valence-electron chi connectivity index (χ0n) is 9.60. The van der Waals surface area contributed by atoms with Crippen molar-refractivity contribution in [3.05, 3.63) is 27.9 Å². The van der Waals surface area contributed by atoms with Gasteiger partial charge in [-0.05, 0) is 23.3 Å². The van der Waals surface area contributed by atoms with Crippen LogP contribution in [0.5, 0.6) is 0 Å². The third kappa shape index (κ3) is 2.24. The largest absolute Gasteiger partial charge is 0.612 e. The van der Waals surface area contributed by atoms with Gasteiger partial charge < -0.3 is 15.7 Å². The molecule has 0 aliphatic heterocycles. The predicted molar refractivity (Wildman–Crippen MR) is 62.4 cm³/mol. The van der Waals surface area contributed by atoms with Gasteiger partial charge in [0.15, 0.2) is 10.9 Å². The van der Waals surface area contributed by atoms with Crippen LogP contribution in [0, 0.1) is 10.4 Å². The fourth-order valence-electron chi connectivity index (χ4n) is 1.73. The number of rotatable bonds is 3. The Kier molecular flexibility index (Phi) is 3.16. The molecule has 0 radical (unpaired) electrons. The lowest BCUT2D eigenvalue weighted by Crippen LogP contribution is -2.38. The molecule has 0 spiro atoms. The summed E-state index contributed by atoms with van der Waals surface area (Å²) in [6, 6.07) is 0. The minimum atomic E-state index is -4.70. The summed E-state index contributed by atoms with van der Waals surface area (Å²) in [7, 11) is -4.70. The Morgan fingerprint density at radius 3 is 2.63 bits per heavy atom. The van der Waals surface area contributed by atoms with Crippen molar-refractivity contribution in [1.29, 1.82) is 0 Å². The van der Waals surface area contributed by atoms with Gasteiger partial charge in [-0.2, -0.15) is 13.3 Å². The van der Waals surface area contributed by atoms with Crippen LogP contribution in [0.25, 0.3) is 5.70 Å². The van der Waals surface area contributed by atoms with Crippen LogP contribution >= 0.6 is 0 Å². The summed E-state index contributed by atoms with van der Waals surface area (Å²) >= 11 is 0. The molecule has 1 heterocycles. The molecule has 1 unspecified atom stereocenters. The highest BCUT2D eigenvalue weighted by atomic mass is 32.2.